The van der Waals surface area contributed by atoms with E-state index in [0.717, 1.165) is 0 Å². The molecule has 3 atom stereocenters. The summed E-state index contributed by atoms with van der Waals surface area (Å²) in [5, 5.41) is -0.304. The molecule has 4 heteroatoms. The van der Waals surface area contributed by atoms with E-state index in [1.165, 1.54) is 0 Å². The second-order valence-corrected chi connectivity index (χ2v) is 5.42. The van der Waals surface area contributed by atoms with Crippen LogP contribution < -0.4 is 0 Å². The maximum Gasteiger partial charge on any atom is 0.321 e. The second-order valence-electron chi connectivity index (χ2n) is 4.89. The minimum Gasteiger partial charge on any atom is -0.392 e. The van der Waals surface area contributed by atoms with Crippen molar-refractivity contribution in [2.75, 3.05) is 0 Å². The van der Waals surface area contributed by atoms with Gasteiger partial charge in [0.2, 0.25) is 0 Å². The van der Waals surface area contributed by atoms with E-state index in [9.17, 15) is 9.59 Å². The summed E-state index contributed by atoms with van der Waals surface area (Å²) in [5.74, 6) is -1.13. The Morgan fingerprint density at radius 2 is 1.93 bits per heavy atom. The molecular weight excluding hydrogens is 204 g/mol. The molecule has 3 nitrogen and oxygen atoms in total. The highest BCUT2D eigenvalue weighted by Gasteiger charge is 2.68. The summed E-state index contributed by atoms with van der Waals surface area (Å²) in [4.78, 5) is 23.1. The fourth-order valence-electron chi connectivity index (χ4n) is 2.55. The first-order valence-electron chi connectivity index (χ1n) is 4.72. The molecule has 78 valence electrons. The van der Waals surface area contributed by atoms with Gasteiger partial charge < -0.3 is 4.74 Å². The van der Waals surface area contributed by atoms with Crippen molar-refractivity contribution in [3.05, 3.63) is 0 Å². The first kappa shape index (κ1) is 9.97. The Morgan fingerprint density at radius 3 is 2.50 bits per heavy atom. The van der Waals surface area contributed by atoms with Crippen LogP contribution in [-0.2, 0) is 14.3 Å². The van der Waals surface area contributed by atoms with Gasteiger partial charge in [0.1, 0.15) is 0 Å². The van der Waals surface area contributed by atoms with Crippen molar-refractivity contribution in [2.24, 2.45) is 16.7 Å². The Bertz CT molecular complexity index is 323. The predicted molar refractivity (Wildman–Crippen MR) is 50.7 cm³/mol. The fraction of sp³-hybridized carbons (Fsp3) is 0.800. The molecule has 0 aromatic heterocycles. The van der Waals surface area contributed by atoms with E-state index in [1.54, 1.807) is 6.92 Å². The Balaban J connectivity index is 2.57. The molecule has 2 rings (SSSR count). The van der Waals surface area contributed by atoms with Crippen LogP contribution in [0, 0.1) is 16.7 Å². The topological polar surface area (TPSA) is 43.4 Å². The van der Waals surface area contributed by atoms with E-state index >= 15 is 0 Å². The standard InChI is InChI=1S/C10H13ClO3/c1-9(2)5-4-6(11)10(9,3)8(13)14-7(5)12/h5-6H,4H2,1-3H3/t5-,6-,10+/m0/s1. The molecule has 1 saturated carbocycles. The Labute approximate surface area is 87.8 Å². The third-order valence-corrected chi connectivity index (χ3v) is 4.80. The molecule has 2 fully saturated rings. The van der Waals surface area contributed by atoms with Gasteiger partial charge in [0.05, 0.1) is 16.7 Å². The van der Waals surface area contributed by atoms with Crippen molar-refractivity contribution in [2.45, 2.75) is 32.6 Å². The normalized spacial score (nSPS) is 45.1. The van der Waals surface area contributed by atoms with E-state index in [2.05, 4.69) is 0 Å². The molecule has 0 spiro atoms. The van der Waals surface area contributed by atoms with Gasteiger partial charge in [-0.2, -0.15) is 0 Å². The smallest absolute Gasteiger partial charge is 0.321 e. The molecule has 0 radical (unpaired) electrons. The number of alkyl halides is 1. The lowest BCUT2D eigenvalue weighted by atomic mass is 9.64. The summed E-state index contributed by atoms with van der Waals surface area (Å²) in [7, 11) is 0. The van der Waals surface area contributed by atoms with Crippen molar-refractivity contribution < 1.29 is 14.3 Å². The van der Waals surface area contributed by atoms with Crippen LogP contribution >= 0.6 is 11.6 Å². The van der Waals surface area contributed by atoms with E-state index in [-0.39, 0.29) is 11.3 Å². The zero-order valence-electron chi connectivity index (χ0n) is 8.46. The highest BCUT2D eigenvalue weighted by molar-refractivity contribution is 6.24. The van der Waals surface area contributed by atoms with Gasteiger partial charge in [-0.25, -0.2) is 0 Å². The average Bonchev–Trinajstić information content (AvgIpc) is 2.19. The number of esters is 2. The van der Waals surface area contributed by atoms with Gasteiger partial charge in [0.25, 0.3) is 0 Å². The number of carbonyl (C=O) groups is 2. The molecule has 1 aliphatic heterocycles. The third-order valence-electron chi connectivity index (χ3n) is 4.18. The summed E-state index contributed by atoms with van der Waals surface area (Å²) < 4.78 is 4.72. The summed E-state index contributed by atoms with van der Waals surface area (Å²) in [6, 6.07) is 0. The van der Waals surface area contributed by atoms with E-state index in [0.29, 0.717) is 6.42 Å². The van der Waals surface area contributed by atoms with Crippen molar-refractivity contribution in [3.63, 3.8) is 0 Å². The zero-order valence-corrected chi connectivity index (χ0v) is 9.22. The lowest BCUT2D eigenvalue weighted by Gasteiger charge is -2.42. The molecule has 2 bridgehead atoms. The summed E-state index contributed by atoms with van der Waals surface area (Å²) >= 11 is 6.15. The Kier molecular flexibility index (Phi) is 1.79. The first-order valence-corrected chi connectivity index (χ1v) is 5.15. The fourth-order valence-corrected chi connectivity index (χ4v) is 3.10. The third kappa shape index (κ3) is 0.842. The van der Waals surface area contributed by atoms with Gasteiger partial charge in [-0.05, 0) is 18.8 Å². The predicted octanol–water partition coefficient (Wildman–Crippen LogP) is 1.73. The van der Waals surface area contributed by atoms with Crippen LogP contribution in [0.2, 0.25) is 0 Å². The summed E-state index contributed by atoms with van der Waals surface area (Å²) in [6.07, 6.45) is 0.537. The van der Waals surface area contributed by atoms with Crippen LogP contribution in [0.15, 0.2) is 0 Å². The van der Waals surface area contributed by atoms with Crippen LogP contribution in [0.25, 0.3) is 0 Å². The maximum absolute atomic E-state index is 11.7. The number of ether oxygens (including phenoxy) is 1. The molecule has 14 heavy (non-hydrogen) atoms. The number of hydrogen-bond donors (Lipinski definition) is 0. The van der Waals surface area contributed by atoms with Gasteiger partial charge in [-0.3, -0.25) is 9.59 Å². The largest absolute Gasteiger partial charge is 0.392 e. The van der Waals surface area contributed by atoms with Crippen molar-refractivity contribution in [3.8, 4) is 0 Å². The number of carbonyl (C=O) groups excluding carboxylic acids is 2. The Hall–Kier alpha value is -0.570. The summed E-state index contributed by atoms with van der Waals surface area (Å²) in [5.41, 5.74) is -1.13. The molecule has 0 aromatic rings. The minimum atomic E-state index is -0.729. The highest BCUT2D eigenvalue weighted by atomic mass is 35.5. The quantitative estimate of drug-likeness (QED) is 0.352. The van der Waals surface area contributed by atoms with Crippen LogP contribution in [0.3, 0.4) is 0 Å². The van der Waals surface area contributed by atoms with Gasteiger partial charge >= 0.3 is 11.9 Å². The van der Waals surface area contributed by atoms with Gasteiger partial charge in [0, 0.05) is 0 Å². The second kappa shape index (κ2) is 2.51. The number of rotatable bonds is 0. The number of fused-ring (bicyclic) bond motifs is 2. The first-order chi connectivity index (χ1) is 6.31. The van der Waals surface area contributed by atoms with E-state index < -0.39 is 22.8 Å². The SMILES string of the molecule is CC1(C)[C@H]2C[C@H](Cl)[C@]1(C)C(=O)OC2=O. The van der Waals surface area contributed by atoms with Crippen LogP contribution in [0.5, 0.6) is 0 Å². The lowest BCUT2D eigenvalue weighted by Crippen LogP contribution is -2.52. The maximum atomic E-state index is 11.7. The zero-order chi connectivity index (χ0) is 10.7. The molecule has 1 aliphatic carbocycles. The number of halogens is 1. The van der Waals surface area contributed by atoms with Crippen molar-refractivity contribution in [1.29, 1.82) is 0 Å². The van der Waals surface area contributed by atoms with Gasteiger partial charge in [-0.1, -0.05) is 13.8 Å². The molecule has 1 saturated heterocycles. The van der Waals surface area contributed by atoms with Crippen LogP contribution in [0.1, 0.15) is 27.2 Å². The summed E-state index contributed by atoms with van der Waals surface area (Å²) in [6.45, 7) is 5.62. The highest BCUT2D eigenvalue weighted by Crippen LogP contribution is 2.61. The van der Waals surface area contributed by atoms with Gasteiger partial charge in [0.15, 0.2) is 0 Å². The molecule has 2 aliphatic rings. The van der Waals surface area contributed by atoms with Crippen molar-refractivity contribution in [1.82, 2.24) is 0 Å². The monoisotopic (exact) mass is 216 g/mol. The molecule has 1 heterocycles. The van der Waals surface area contributed by atoms with E-state index in [4.69, 9.17) is 16.3 Å². The van der Waals surface area contributed by atoms with E-state index in [1.807, 2.05) is 13.8 Å². The molecule has 0 unspecified atom stereocenters. The number of cyclic esters (lactones) is 2. The van der Waals surface area contributed by atoms with Crippen LogP contribution in [-0.4, -0.2) is 17.3 Å². The Morgan fingerprint density at radius 1 is 1.36 bits per heavy atom. The minimum absolute atomic E-state index is 0.243. The molecular formula is C10H13ClO3. The average molecular weight is 217 g/mol. The molecule has 0 amide bonds. The number of hydrogen-bond acceptors (Lipinski definition) is 3. The molecule has 0 N–H and O–H groups in total. The van der Waals surface area contributed by atoms with Gasteiger partial charge in [-0.15, -0.1) is 11.6 Å². The van der Waals surface area contributed by atoms with Crippen molar-refractivity contribution >= 4 is 23.5 Å². The van der Waals surface area contributed by atoms with Crippen LogP contribution in [0.4, 0.5) is 0 Å². The lowest BCUT2D eigenvalue weighted by molar-refractivity contribution is -0.184. The molecule has 0 aromatic carbocycles.